The number of nitrogens with one attached hydrogen (secondary N) is 1. The predicted molar refractivity (Wildman–Crippen MR) is 78.2 cm³/mol. The van der Waals surface area contributed by atoms with Crippen LogP contribution in [0.4, 0.5) is 0 Å². The number of hydrogen-bond acceptors (Lipinski definition) is 4. The number of hydrogen-bond donors (Lipinski definition) is 2. The second kappa shape index (κ2) is 7.74. The highest BCUT2D eigenvalue weighted by molar-refractivity contribution is 7.88. The summed E-state index contributed by atoms with van der Waals surface area (Å²) in [6, 6.07) is 0. The molecule has 1 heterocycles. The van der Waals surface area contributed by atoms with Gasteiger partial charge in [0.2, 0.25) is 15.9 Å². The quantitative estimate of drug-likeness (QED) is 0.656. The number of rotatable bonds is 7. The maximum atomic E-state index is 12.0. The lowest BCUT2D eigenvalue weighted by Crippen LogP contribution is -2.45. The van der Waals surface area contributed by atoms with Gasteiger partial charge in [0.1, 0.15) is 0 Å². The van der Waals surface area contributed by atoms with Crippen LogP contribution in [-0.4, -0.2) is 55.6 Å². The van der Waals surface area contributed by atoms with Crippen molar-refractivity contribution in [2.45, 2.75) is 32.6 Å². The number of aliphatic carboxylic acids is 1. The van der Waals surface area contributed by atoms with Crippen LogP contribution in [0.3, 0.4) is 0 Å². The first-order chi connectivity index (χ1) is 9.71. The van der Waals surface area contributed by atoms with Crippen LogP contribution in [-0.2, 0) is 19.6 Å². The first-order valence-electron chi connectivity index (χ1n) is 7.17. The molecule has 0 aromatic heterocycles. The molecule has 0 spiro atoms. The standard InChI is InChI=1S/C13H24N2O5S/c1-10(13(17)18)5-3-7-14-12(16)11-6-4-8-15(9-11)21(2,19)20/h10-11H,3-9H2,1-2H3,(H,14,16)(H,17,18). The van der Waals surface area contributed by atoms with Crippen molar-refractivity contribution in [3.05, 3.63) is 0 Å². The summed E-state index contributed by atoms with van der Waals surface area (Å²) in [6.45, 7) is 2.76. The Morgan fingerprint density at radius 3 is 2.67 bits per heavy atom. The highest BCUT2D eigenvalue weighted by atomic mass is 32.2. The van der Waals surface area contributed by atoms with Gasteiger partial charge in [0, 0.05) is 19.6 Å². The van der Waals surface area contributed by atoms with Gasteiger partial charge < -0.3 is 10.4 Å². The number of carboxylic acid groups (broad SMARTS) is 1. The smallest absolute Gasteiger partial charge is 0.306 e. The topological polar surface area (TPSA) is 104 Å². The van der Waals surface area contributed by atoms with Crippen LogP contribution in [0.5, 0.6) is 0 Å². The van der Waals surface area contributed by atoms with E-state index >= 15 is 0 Å². The van der Waals surface area contributed by atoms with Crippen LogP contribution < -0.4 is 5.32 Å². The minimum atomic E-state index is -3.25. The summed E-state index contributed by atoms with van der Waals surface area (Å²) < 4.78 is 24.3. The molecule has 1 aliphatic rings. The number of piperidine rings is 1. The average molecular weight is 320 g/mol. The molecule has 0 aromatic carbocycles. The van der Waals surface area contributed by atoms with Crippen molar-refractivity contribution in [2.24, 2.45) is 11.8 Å². The van der Waals surface area contributed by atoms with E-state index in [1.54, 1.807) is 6.92 Å². The molecule has 1 aliphatic heterocycles. The molecule has 0 aliphatic carbocycles. The van der Waals surface area contributed by atoms with Crippen molar-refractivity contribution < 1.29 is 23.1 Å². The van der Waals surface area contributed by atoms with E-state index < -0.39 is 21.9 Å². The van der Waals surface area contributed by atoms with Gasteiger partial charge in [-0.2, -0.15) is 0 Å². The van der Waals surface area contributed by atoms with Crippen molar-refractivity contribution in [2.75, 3.05) is 25.9 Å². The summed E-state index contributed by atoms with van der Waals surface area (Å²) in [6.07, 6.45) is 3.63. The number of nitrogens with zero attached hydrogens (tertiary/aromatic N) is 1. The van der Waals surface area contributed by atoms with Crippen molar-refractivity contribution in [3.8, 4) is 0 Å². The van der Waals surface area contributed by atoms with Gasteiger partial charge in [-0.15, -0.1) is 0 Å². The molecule has 2 N–H and O–H groups in total. The van der Waals surface area contributed by atoms with E-state index in [9.17, 15) is 18.0 Å². The second-order valence-corrected chi connectivity index (χ2v) is 7.62. The molecule has 2 unspecified atom stereocenters. The van der Waals surface area contributed by atoms with Gasteiger partial charge in [0.25, 0.3) is 0 Å². The fourth-order valence-electron chi connectivity index (χ4n) is 2.35. The molecule has 1 fully saturated rings. The molecular formula is C13H24N2O5S. The lowest BCUT2D eigenvalue weighted by molar-refractivity contribution is -0.141. The van der Waals surface area contributed by atoms with Gasteiger partial charge in [-0.1, -0.05) is 6.92 Å². The Balaban J connectivity index is 2.33. The summed E-state index contributed by atoms with van der Waals surface area (Å²) in [5.74, 6) is -1.72. The van der Waals surface area contributed by atoms with Crippen molar-refractivity contribution >= 4 is 21.9 Å². The molecular weight excluding hydrogens is 296 g/mol. The number of carboxylic acids is 1. The van der Waals surface area contributed by atoms with E-state index in [1.807, 2.05) is 0 Å². The normalized spacial score (nSPS) is 21.7. The van der Waals surface area contributed by atoms with Crippen LogP contribution in [0, 0.1) is 11.8 Å². The maximum Gasteiger partial charge on any atom is 0.306 e. The third-order valence-electron chi connectivity index (χ3n) is 3.76. The van der Waals surface area contributed by atoms with Crippen molar-refractivity contribution in [1.82, 2.24) is 9.62 Å². The Kier molecular flexibility index (Phi) is 6.60. The van der Waals surface area contributed by atoms with E-state index in [0.29, 0.717) is 38.8 Å². The summed E-state index contributed by atoms with van der Waals surface area (Å²) in [7, 11) is -3.25. The second-order valence-electron chi connectivity index (χ2n) is 5.63. The van der Waals surface area contributed by atoms with Crippen LogP contribution in [0.25, 0.3) is 0 Å². The fourth-order valence-corrected chi connectivity index (χ4v) is 3.26. The van der Waals surface area contributed by atoms with Crippen LogP contribution in [0.2, 0.25) is 0 Å². The highest BCUT2D eigenvalue weighted by Gasteiger charge is 2.29. The minimum absolute atomic E-state index is 0.147. The Morgan fingerprint density at radius 2 is 2.10 bits per heavy atom. The first-order valence-corrected chi connectivity index (χ1v) is 9.02. The zero-order valence-electron chi connectivity index (χ0n) is 12.5. The van der Waals surface area contributed by atoms with Gasteiger partial charge in [0.05, 0.1) is 18.1 Å². The van der Waals surface area contributed by atoms with Gasteiger partial charge >= 0.3 is 5.97 Å². The molecule has 0 bridgehead atoms. The predicted octanol–water partition coefficient (Wildman–Crippen LogP) is 0.275. The van der Waals surface area contributed by atoms with Crippen LogP contribution in [0.1, 0.15) is 32.6 Å². The minimum Gasteiger partial charge on any atom is -0.481 e. The Morgan fingerprint density at radius 1 is 1.43 bits per heavy atom. The molecule has 7 nitrogen and oxygen atoms in total. The van der Waals surface area contributed by atoms with Crippen molar-refractivity contribution in [3.63, 3.8) is 0 Å². The van der Waals surface area contributed by atoms with E-state index in [1.165, 1.54) is 4.31 Å². The molecule has 1 rings (SSSR count). The molecule has 1 saturated heterocycles. The van der Waals surface area contributed by atoms with Crippen molar-refractivity contribution in [1.29, 1.82) is 0 Å². The Bertz CT molecular complexity index is 477. The number of carbonyl (C=O) groups is 2. The summed E-state index contributed by atoms with van der Waals surface area (Å²) >= 11 is 0. The average Bonchev–Trinajstić information content (AvgIpc) is 2.42. The molecule has 8 heteroatoms. The third-order valence-corrected chi connectivity index (χ3v) is 5.03. The summed E-state index contributed by atoms with van der Waals surface area (Å²) in [5, 5.41) is 11.5. The third kappa shape index (κ3) is 6.01. The van der Waals surface area contributed by atoms with Gasteiger partial charge in [0.15, 0.2) is 0 Å². The number of amides is 1. The SMILES string of the molecule is CC(CCCNC(=O)C1CCCN(S(C)(=O)=O)C1)C(=O)O. The van der Waals surface area contributed by atoms with Gasteiger partial charge in [-0.25, -0.2) is 12.7 Å². The monoisotopic (exact) mass is 320 g/mol. The molecule has 0 radical (unpaired) electrons. The number of carbonyl (C=O) groups excluding carboxylic acids is 1. The van der Waals surface area contributed by atoms with E-state index in [-0.39, 0.29) is 18.4 Å². The van der Waals surface area contributed by atoms with E-state index in [2.05, 4.69) is 5.32 Å². The van der Waals surface area contributed by atoms with E-state index in [0.717, 1.165) is 6.26 Å². The fraction of sp³-hybridized carbons (Fsp3) is 0.846. The number of sulfonamides is 1. The first kappa shape index (κ1) is 17.9. The zero-order chi connectivity index (χ0) is 16.0. The van der Waals surface area contributed by atoms with Gasteiger partial charge in [-0.05, 0) is 25.7 Å². The molecule has 0 saturated carbocycles. The Hall–Kier alpha value is -1.15. The Labute approximate surface area is 125 Å². The molecule has 2 atom stereocenters. The lowest BCUT2D eigenvalue weighted by atomic mass is 9.98. The van der Waals surface area contributed by atoms with Crippen LogP contribution >= 0.6 is 0 Å². The summed E-state index contributed by atoms with van der Waals surface area (Å²) in [5.41, 5.74) is 0. The summed E-state index contributed by atoms with van der Waals surface area (Å²) in [4.78, 5) is 22.7. The van der Waals surface area contributed by atoms with Gasteiger partial charge in [-0.3, -0.25) is 9.59 Å². The molecule has 122 valence electrons. The largest absolute Gasteiger partial charge is 0.481 e. The molecule has 0 aromatic rings. The molecule has 1 amide bonds. The van der Waals surface area contributed by atoms with E-state index in [4.69, 9.17) is 5.11 Å². The lowest BCUT2D eigenvalue weighted by Gasteiger charge is -2.30. The molecule has 21 heavy (non-hydrogen) atoms. The zero-order valence-corrected chi connectivity index (χ0v) is 13.4. The highest BCUT2D eigenvalue weighted by Crippen LogP contribution is 2.18. The maximum absolute atomic E-state index is 12.0. The van der Waals surface area contributed by atoms with Crippen LogP contribution in [0.15, 0.2) is 0 Å².